The minimum Gasteiger partial charge on any atom is -0.459 e. The number of carbonyl (C=O) groups excluding carboxylic acids is 3. The molecule has 0 aromatic carbocycles. The molecule has 0 aromatic heterocycles. The monoisotopic (exact) mass is 757 g/mol. The van der Waals surface area contributed by atoms with Crippen molar-refractivity contribution >= 4 is 122 Å². The average Bonchev–Trinajstić information content (AvgIpc) is 3.59. The summed E-state index contributed by atoms with van der Waals surface area (Å²) in [6, 6.07) is 1.89. The van der Waals surface area contributed by atoms with Crippen LogP contribution in [0.5, 0.6) is 0 Å². The van der Waals surface area contributed by atoms with Crippen molar-refractivity contribution in [1.29, 1.82) is 5.26 Å². The van der Waals surface area contributed by atoms with Gasteiger partial charge in [-0.3, -0.25) is 0 Å². The van der Waals surface area contributed by atoms with Crippen molar-refractivity contribution in [2.75, 3.05) is 6.61 Å². The molecule has 9 nitrogen and oxygen atoms in total. The van der Waals surface area contributed by atoms with Crippen molar-refractivity contribution in [2.24, 2.45) is 11.8 Å². The molecule has 0 bridgehead atoms. The maximum Gasteiger partial charge on any atom is 0.359 e. The van der Waals surface area contributed by atoms with Crippen LogP contribution in [0.2, 0.25) is 0 Å². The van der Waals surface area contributed by atoms with E-state index in [2.05, 4.69) is 0 Å². The van der Waals surface area contributed by atoms with E-state index >= 15 is 0 Å². The number of esters is 3. The van der Waals surface area contributed by atoms with Crippen LogP contribution >= 0.6 is 104 Å². The Morgan fingerprint density at radius 1 is 0.902 bits per heavy atom. The summed E-state index contributed by atoms with van der Waals surface area (Å²) < 4.78 is 20.9. The van der Waals surface area contributed by atoms with Crippen LogP contribution in [-0.4, -0.2) is 72.5 Å². The van der Waals surface area contributed by atoms with Crippen molar-refractivity contribution in [3.05, 3.63) is 11.6 Å². The normalized spacial score (nSPS) is 28.6. The maximum atomic E-state index is 12.6. The number of ether oxygens (including phenoxy) is 5. The lowest BCUT2D eigenvalue weighted by atomic mass is 9.85. The molecule has 0 amide bonds. The minimum absolute atomic E-state index is 0.0110. The van der Waals surface area contributed by atoms with Gasteiger partial charge in [-0.2, -0.15) is 5.26 Å². The molecule has 0 N–H and O–H groups in total. The molecule has 0 radical (unpaired) electrons. The molecule has 0 spiro atoms. The third kappa shape index (κ3) is 11.2. The van der Waals surface area contributed by atoms with Crippen molar-refractivity contribution < 1.29 is 38.1 Å². The zero-order chi connectivity index (χ0) is 31.5. The topological polar surface area (TPSA) is 124 Å². The molecule has 41 heavy (non-hydrogen) atoms. The molecule has 2 saturated heterocycles. The summed E-state index contributed by atoms with van der Waals surface area (Å²) in [6.07, 6.45) is -3.47. The Kier molecular flexibility index (Phi) is 13.6. The summed E-state index contributed by atoms with van der Waals surface area (Å²) in [7, 11) is 0. The van der Waals surface area contributed by atoms with Gasteiger partial charge < -0.3 is 23.7 Å². The number of halogens is 9. The second kappa shape index (κ2) is 15.0. The van der Waals surface area contributed by atoms with Crippen molar-refractivity contribution in [3.8, 4) is 6.07 Å². The molecule has 2 rings (SSSR count). The van der Waals surface area contributed by atoms with Crippen LogP contribution < -0.4 is 0 Å². The summed E-state index contributed by atoms with van der Waals surface area (Å²) in [5, 5.41) is 9.01. The Hall–Kier alpha value is 0.170. The Labute approximate surface area is 281 Å². The van der Waals surface area contributed by atoms with E-state index in [0.29, 0.717) is 5.57 Å². The fraction of sp³-hybridized carbons (Fsp3) is 0.739. The Morgan fingerprint density at radius 3 is 1.90 bits per heavy atom. The van der Waals surface area contributed by atoms with Crippen LogP contribution in [0, 0.1) is 23.2 Å². The quantitative estimate of drug-likeness (QED) is 0.0850. The summed E-state index contributed by atoms with van der Waals surface area (Å²) in [6.45, 7) is 5.02. The van der Waals surface area contributed by atoms with E-state index in [1.165, 1.54) is 6.08 Å². The Balaban J connectivity index is 2.30. The van der Waals surface area contributed by atoms with E-state index in [1.807, 2.05) is 6.07 Å². The lowest BCUT2D eigenvalue weighted by Gasteiger charge is -2.42. The highest BCUT2D eigenvalue weighted by molar-refractivity contribution is 6.76. The minimum atomic E-state index is -2.47. The molecular weight excluding hydrogens is 737 g/mol. The lowest BCUT2D eigenvalue weighted by molar-refractivity contribution is -0.208. The van der Waals surface area contributed by atoms with E-state index in [9.17, 15) is 14.4 Å². The number of rotatable bonds is 9. The van der Waals surface area contributed by atoms with E-state index in [0.717, 1.165) is 0 Å². The van der Waals surface area contributed by atoms with E-state index in [-0.39, 0.29) is 25.4 Å². The fourth-order valence-electron chi connectivity index (χ4n) is 4.18. The predicted octanol–water partition coefficient (Wildman–Crippen LogP) is 6.52. The van der Waals surface area contributed by atoms with Gasteiger partial charge in [-0.25, -0.2) is 14.4 Å². The van der Waals surface area contributed by atoms with Gasteiger partial charge in [0.2, 0.25) is 0 Å². The molecule has 0 aliphatic carbocycles. The number of nitrogens with zero attached hydrogens (tertiary/aromatic N) is 1. The average molecular weight is 762 g/mol. The van der Waals surface area contributed by atoms with Crippen molar-refractivity contribution in [2.45, 2.75) is 81.6 Å². The van der Waals surface area contributed by atoms with Crippen molar-refractivity contribution in [1.82, 2.24) is 0 Å². The third-order valence-corrected chi connectivity index (χ3v) is 7.79. The van der Waals surface area contributed by atoms with Gasteiger partial charge in [-0.1, -0.05) is 117 Å². The molecule has 0 saturated carbocycles. The van der Waals surface area contributed by atoms with Gasteiger partial charge in [-0.15, -0.1) is 0 Å². The molecule has 2 fully saturated rings. The molecule has 18 heteroatoms. The first kappa shape index (κ1) is 37.4. The first-order chi connectivity index (χ1) is 18.7. The number of hydrogen-bond acceptors (Lipinski definition) is 9. The highest BCUT2D eigenvalue weighted by atomic mass is 35.6. The number of hydrogen-bond donors (Lipinski definition) is 0. The summed E-state index contributed by atoms with van der Waals surface area (Å²) in [5.74, 6) is -4.56. The second-order valence-electron chi connectivity index (χ2n) is 9.53. The first-order valence-corrected chi connectivity index (χ1v) is 15.2. The zero-order valence-electron chi connectivity index (χ0n) is 21.4. The van der Waals surface area contributed by atoms with Crippen LogP contribution in [0.15, 0.2) is 11.6 Å². The van der Waals surface area contributed by atoms with Gasteiger partial charge in [0.15, 0.2) is 6.10 Å². The molecule has 8 atom stereocenters. The van der Waals surface area contributed by atoms with E-state index in [4.69, 9.17) is 133 Å². The Morgan fingerprint density at radius 2 is 1.41 bits per heavy atom. The molecule has 232 valence electrons. The molecule has 2 aliphatic rings. The largest absolute Gasteiger partial charge is 0.459 e. The molecular formula is C23H24Cl9NO8. The predicted molar refractivity (Wildman–Crippen MR) is 156 cm³/mol. The molecule has 0 unspecified atom stereocenters. The number of allylic oxidation sites excluding steroid dienone is 1. The zero-order valence-corrected chi connectivity index (χ0v) is 28.2. The maximum absolute atomic E-state index is 12.6. The SMILES string of the molecule is C/C(=C\C#N)C[C@@H]1OC[C@H](C[C@@H]2O[C@H]2[C@@H](C)[C@H](C)OC(=O)C(Cl)(Cl)Cl)[C@@H](OC(=O)C(Cl)(Cl)Cl)[C@H]1OC(=O)C(Cl)(Cl)Cl. The standard InChI is InChI=1S/C23H24Cl9NO8/c1-9(4-5-33)6-13-17(41-20(36)23(30,31)32)16(40-19(35)22(27,28)29)12(8-37-13)7-14-15(39-14)10(2)11(3)38-18(34)21(24,25)26/h4,10-17H,6-8H2,1-3H3/b9-4+/t10-,11-,12-,13-,14-,15-,16+,17-/m0/s1. The molecule has 2 aliphatic heterocycles. The molecule has 0 aromatic rings. The van der Waals surface area contributed by atoms with Crippen LogP contribution in [0.4, 0.5) is 0 Å². The van der Waals surface area contributed by atoms with Gasteiger partial charge in [0.05, 0.1) is 24.9 Å². The van der Waals surface area contributed by atoms with Gasteiger partial charge in [0.25, 0.3) is 11.4 Å². The first-order valence-electron chi connectivity index (χ1n) is 11.8. The van der Waals surface area contributed by atoms with Gasteiger partial charge in [0, 0.05) is 17.9 Å². The van der Waals surface area contributed by atoms with Crippen LogP contribution in [-0.2, 0) is 38.1 Å². The number of epoxide rings is 1. The Bertz CT molecular complexity index is 1050. The number of alkyl halides is 9. The van der Waals surface area contributed by atoms with Gasteiger partial charge in [0.1, 0.15) is 18.3 Å². The summed E-state index contributed by atoms with van der Waals surface area (Å²) in [4.78, 5) is 37.2. The smallest absolute Gasteiger partial charge is 0.359 e. The highest BCUT2D eigenvalue weighted by Gasteiger charge is 2.53. The molecule has 2 heterocycles. The number of nitriles is 1. The van der Waals surface area contributed by atoms with E-state index in [1.54, 1.807) is 20.8 Å². The highest BCUT2D eigenvalue weighted by Crippen LogP contribution is 2.42. The van der Waals surface area contributed by atoms with Crippen LogP contribution in [0.1, 0.15) is 33.6 Å². The fourth-order valence-corrected chi connectivity index (χ4v) is 4.59. The number of carbonyl (C=O) groups is 3. The van der Waals surface area contributed by atoms with Crippen LogP contribution in [0.3, 0.4) is 0 Å². The van der Waals surface area contributed by atoms with Crippen LogP contribution in [0.25, 0.3) is 0 Å². The van der Waals surface area contributed by atoms with Crippen molar-refractivity contribution in [3.63, 3.8) is 0 Å². The summed E-state index contributed by atoms with van der Waals surface area (Å²) in [5.41, 5.74) is 0.565. The van der Waals surface area contributed by atoms with Gasteiger partial charge >= 0.3 is 17.9 Å². The van der Waals surface area contributed by atoms with Gasteiger partial charge in [-0.05, 0) is 26.7 Å². The summed E-state index contributed by atoms with van der Waals surface area (Å²) >= 11 is 51.1. The second-order valence-corrected chi connectivity index (χ2v) is 16.4. The third-order valence-electron chi connectivity index (χ3n) is 6.40. The van der Waals surface area contributed by atoms with E-state index < -0.39 is 71.8 Å². The lowest BCUT2D eigenvalue weighted by Crippen LogP contribution is -2.55.